The van der Waals surface area contributed by atoms with Crippen LogP contribution in [0.3, 0.4) is 0 Å². The van der Waals surface area contributed by atoms with Gasteiger partial charge in [0.05, 0.1) is 18.0 Å². The van der Waals surface area contributed by atoms with E-state index >= 15 is 0 Å². The van der Waals surface area contributed by atoms with Crippen molar-refractivity contribution < 1.29 is 14.7 Å². The summed E-state index contributed by atoms with van der Waals surface area (Å²) in [6.07, 6.45) is -0.185. The van der Waals surface area contributed by atoms with Crippen molar-refractivity contribution >= 4 is 34.8 Å². The number of benzene rings is 1. The first-order chi connectivity index (χ1) is 10.4. The minimum absolute atomic E-state index is 0.185. The highest BCUT2D eigenvalue weighted by atomic mass is 35.5. The van der Waals surface area contributed by atoms with Crippen molar-refractivity contribution in [2.24, 2.45) is 0 Å². The number of aryl methyl sites for hydroxylation is 1. The highest BCUT2D eigenvalue weighted by molar-refractivity contribution is 7.10. The fourth-order valence-corrected chi connectivity index (χ4v) is 3.09. The van der Waals surface area contributed by atoms with E-state index in [1.807, 2.05) is 13.8 Å². The second-order valence-corrected chi connectivity index (χ2v) is 6.53. The molecule has 2 rings (SSSR count). The van der Waals surface area contributed by atoms with Crippen molar-refractivity contribution in [2.45, 2.75) is 26.3 Å². The molecule has 116 valence electrons. The number of nitrogens with one attached hydrogen (secondary N) is 1. The lowest BCUT2D eigenvalue weighted by Crippen LogP contribution is -2.30. The van der Waals surface area contributed by atoms with Crippen LogP contribution in [0.1, 0.15) is 38.8 Å². The van der Waals surface area contributed by atoms with Crippen LogP contribution in [0.5, 0.6) is 0 Å². The van der Waals surface area contributed by atoms with E-state index in [0.29, 0.717) is 16.1 Å². The molecular weight excluding hydrogens is 322 g/mol. The van der Waals surface area contributed by atoms with E-state index in [2.05, 4.69) is 5.32 Å². The van der Waals surface area contributed by atoms with Gasteiger partial charge in [0.25, 0.3) is 5.91 Å². The van der Waals surface area contributed by atoms with Crippen LogP contribution < -0.4 is 5.32 Å². The van der Waals surface area contributed by atoms with Gasteiger partial charge in [-0.15, -0.1) is 11.3 Å². The summed E-state index contributed by atoms with van der Waals surface area (Å²) >= 11 is 7.35. The first-order valence-corrected chi connectivity index (χ1v) is 7.97. The third-order valence-corrected chi connectivity index (χ3v) is 4.75. The lowest BCUT2D eigenvalue weighted by molar-refractivity contribution is -0.137. The van der Waals surface area contributed by atoms with Crippen molar-refractivity contribution in [3.63, 3.8) is 0 Å². The second kappa shape index (κ2) is 6.94. The number of hydrogen-bond acceptors (Lipinski definition) is 3. The lowest BCUT2D eigenvalue weighted by atomic mass is 10.0. The van der Waals surface area contributed by atoms with Gasteiger partial charge in [-0.2, -0.15) is 0 Å². The van der Waals surface area contributed by atoms with Gasteiger partial charge in [0.15, 0.2) is 0 Å². The largest absolute Gasteiger partial charge is 0.481 e. The molecule has 0 saturated heterocycles. The highest BCUT2D eigenvalue weighted by Gasteiger charge is 2.20. The van der Waals surface area contributed by atoms with Crippen molar-refractivity contribution in [1.82, 2.24) is 5.32 Å². The van der Waals surface area contributed by atoms with Gasteiger partial charge >= 0.3 is 5.97 Å². The fourth-order valence-electron chi connectivity index (χ4n) is 2.10. The van der Waals surface area contributed by atoms with Crippen LogP contribution >= 0.6 is 22.9 Å². The minimum atomic E-state index is -0.974. The number of rotatable bonds is 5. The van der Waals surface area contributed by atoms with Crippen LogP contribution in [0, 0.1) is 13.8 Å². The summed E-state index contributed by atoms with van der Waals surface area (Å²) in [6.45, 7) is 3.83. The van der Waals surface area contributed by atoms with Gasteiger partial charge in [0.2, 0.25) is 0 Å². The fraction of sp³-hybridized carbons (Fsp3) is 0.250. The van der Waals surface area contributed by atoms with Crippen LogP contribution in [0.4, 0.5) is 0 Å². The Morgan fingerprint density at radius 1 is 1.27 bits per heavy atom. The predicted octanol–water partition coefficient (Wildman–Crippen LogP) is 3.96. The topological polar surface area (TPSA) is 66.4 Å². The molecule has 0 aliphatic heterocycles. The molecule has 4 nitrogen and oxygen atoms in total. The molecular formula is C16H16ClNO3S. The molecule has 0 aliphatic rings. The molecule has 1 atom stereocenters. The summed E-state index contributed by atoms with van der Waals surface area (Å²) in [5, 5.41) is 14.2. The molecule has 0 spiro atoms. The number of carbonyl (C=O) groups is 2. The van der Waals surface area contributed by atoms with E-state index in [4.69, 9.17) is 16.7 Å². The molecule has 22 heavy (non-hydrogen) atoms. The zero-order valence-corrected chi connectivity index (χ0v) is 13.8. The van der Waals surface area contributed by atoms with Crippen LogP contribution in [-0.4, -0.2) is 17.0 Å². The molecule has 0 fully saturated rings. The van der Waals surface area contributed by atoms with E-state index in [0.717, 1.165) is 10.4 Å². The molecule has 0 unspecified atom stereocenters. The van der Waals surface area contributed by atoms with Crippen LogP contribution in [0.2, 0.25) is 5.02 Å². The Balaban J connectivity index is 2.23. The number of carboxylic acid groups (broad SMARTS) is 1. The normalized spacial score (nSPS) is 12.0. The third kappa shape index (κ3) is 3.87. The van der Waals surface area contributed by atoms with E-state index in [1.54, 1.807) is 29.6 Å². The van der Waals surface area contributed by atoms with Crippen molar-refractivity contribution in [1.29, 1.82) is 0 Å². The van der Waals surface area contributed by atoms with Crippen molar-refractivity contribution in [3.05, 3.63) is 56.2 Å². The summed E-state index contributed by atoms with van der Waals surface area (Å²) < 4.78 is 0. The van der Waals surface area contributed by atoms with Gasteiger partial charge < -0.3 is 10.4 Å². The maximum Gasteiger partial charge on any atom is 0.305 e. The highest BCUT2D eigenvalue weighted by Crippen LogP contribution is 2.23. The minimum Gasteiger partial charge on any atom is -0.481 e. The van der Waals surface area contributed by atoms with E-state index in [-0.39, 0.29) is 12.3 Å². The zero-order chi connectivity index (χ0) is 16.3. The molecule has 0 aliphatic carbocycles. The van der Waals surface area contributed by atoms with Crippen molar-refractivity contribution in [2.75, 3.05) is 0 Å². The summed E-state index contributed by atoms with van der Waals surface area (Å²) in [7, 11) is 0. The number of amides is 1. The number of thiophene rings is 1. The Labute approximate surface area is 137 Å². The number of carbonyl (C=O) groups excluding carboxylic acids is 1. The Morgan fingerprint density at radius 3 is 2.41 bits per heavy atom. The molecule has 2 aromatic rings. The Bertz CT molecular complexity index is 694. The standard InChI is InChI=1S/C16H16ClNO3S/c1-9-10(2)22-8-13(9)16(21)18-14(7-15(19)20)11-3-5-12(17)6-4-11/h3-6,8,14H,7H2,1-2H3,(H,18,21)(H,19,20)/t14-/m0/s1. The smallest absolute Gasteiger partial charge is 0.305 e. The predicted molar refractivity (Wildman–Crippen MR) is 87.7 cm³/mol. The molecule has 0 bridgehead atoms. The molecule has 2 N–H and O–H groups in total. The van der Waals surface area contributed by atoms with E-state index in [9.17, 15) is 9.59 Å². The SMILES string of the molecule is Cc1scc(C(=O)N[C@@H](CC(=O)O)c2ccc(Cl)cc2)c1C. The average molecular weight is 338 g/mol. The van der Waals surface area contributed by atoms with Gasteiger partial charge in [-0.3, -0.25) is 9.59 Å². The maximum atomic E-state index is 12.4. The van der Waals surface area contributed by atoms with Gasteiger partial charge in [-0.1, -0.05) is 23.7 Å². The first kappa shape index (κ1) is 16.5. The van der Waals surface area contributed by atoms with Gasteiger partial charge in [0, 0.05) is 15.3 Å². The molecule has 1 aromatic carbocycles. The average Bonchev–Trinajstić information content (AvgIpc) is 2.78. The first-order valence-electron chi connectivity index (χ1n) is 6.71. The summed E-state index contributed by atoms with van der Waals surface area (Å²) in [4.78, 5) is 24.5. The molecule has 6 heteroatoms. The monoisotopic (exact) mass is 337 g/mol. The zero-order valence-electron chi connectivity index (χ0n) is 12.2. The van der Waals surface area contributed by atoms with Gasteiger partial charge in [-0.05, 0) is 37.1 Å². The number of halogens is 1. The van der Waals surface area contributed by atoms with E-state index < -0.39 is 12.0 Å². The molecule has 1 heterocycles. The summed E-state index contributed by atoms with van der Waals surface area (Å²) in [5.74, 6) is -1.23. The molecule has 0 saturated carbocycles. The molecule has 1 aromatic heterocycles. The van der Waals surface area contributed by atoms with Crippen LogP contribution in [0.15, 0.2) is 29.6 Å². The Kier molecular flexibility index (Phi) is 5.21. The number of carboxylic acids is 1. The van der Waals surface area contributed by atoms with Crippen LogP contribution in [0.25, 0.3) is 0 Å². The molecule has 1 amide bonds. The Hall–Kier alpha value is -1.85. The van der Waals surface area contributed by atoms with Gasteiger partial charge in [-0.25, -0.2) is 0 Å². The number of hydrogen-bond donors (Lipinski definition) is 2. The third-order valence-electron chi connectivity index (χ3n) is 3.49. The second-order valence-electron chi connectivity index (χ2n) is 5.01. The van der Waals surface area contributed by atoms with Crippen molar-refractivity contribution in [3.8, 4) is 0 Å². The van der Waals surface area contributed by atoms with E-state index in [1.165, 1.54) is 11.3 Å². The lowest BCUT2D eigenvalue weighted by Gasteiger charge is -2.17. The summed E-state index contributed by atoms with van der Waals surface area (Å²) in [6, 6.07) is 6.21. The van der Waals surface area contributed by atoms with Gasteiger partial charge in [0.1, 0.15) is 0 Å². The maximum absolute atomic E-state index is 12.4. The molecule has 0 radical (unpaired) electrons. The summed E-state index contributed by atoms with van der Waals surface area (Å²) in [5.41, 5.74) is 2.23. The number of aliphatic carboxylic acids is 1. The van der Waals surface area contributed by atoms with Crippen LogP contribution in [-0.2, 0) is 4.79 Å². The quantitative estimate of drug-likeness (QED) is 0.867. The Morgan fingerprint density at radius 2 is 1.91 bits per heavy atom.